The monoisotopic (exact) mass is 299 g/mol. The molecule has 0 saturated carbocycles. The van der Waals surface area contributed by atoms with Gasteiger partial charge in [-0.05, 0) is 17.7 Å². The van der Waals surface area contributed by atoms with Crippen LogP contribution in [0.2, 0.25) is 0 Å². The van der Waals surface area contributed by atoms with Gasteiger partial charge in [0.15, 0.2) is 0 Å². The minimum Gasteiger partial charge on any atom is -0.354 e. The van der Waals surface area contributed by atoms with E-state index in [4.69, 9.17) is 5.73 Å². The Labute approximate surface area is 123 Å². The average Bonchev–Trinajstić information content (AvgIpc) is 2.43. The van der Waals surface area contributed by atoms with Crippen LogP contribution in [0.4, 0.5) is 0 Å². The molecule has 19 heavy (non-hydrogen) atoms. The quantitative estimate of drug-likeness (QED) is 0.298. The fourth-order valence-corrected chi connectivity index (χ4v) is 1.65. The molecule has 0 bridgehead atoms. The molecule has 0 aliphatic rings. The van der Waals surface area contributed by atoms with Crippen LogP contribution in [0.5, 0.6) is 0 Å². The van der Waals surface area contributed by atoms with Gasteiger partial charge < -0.3 is 16.4 Å². The van der Waals surface area contributed by atoms with Crippen LogP contribution >= 0.6 is 25.3 Å². The largest absolute Gasteiger partial charge is 0.354 e. The Kier molecular flexibility index (Phi) is 6.75. The van der Waals surface area contributed by atoms with E-state index in [1.165, 1.54) is 0 Å². The molecule has 104 valence electrons. The zero-order valence-electron chi connectivity index (χ0n) is 10.3. The predicted octanol–water partition coefficient (Wildman–Crippen LogP) is 0.349. The molecule has 0 unspecified atom stereocenters. The standard InChI is InChI=1S/C12H17N3O2S2/c13-11(19)8-1-3-9(4-2-8)12(17)15-6-5-14-10(16)7-18/h1-4,11,18-19H,5-7,13H2,(H,14,16)(H,15,17)/t11-/m1/s1. The van der Waals surface area contributed by atoms with E-state index in [0.29, 0.717) is 18.7 Å². The number of hydrogen-bond acceptors (Lipinski definition) is 5. The van der Waals surface area contributed by atoms with Gasteiger partial charge in [0.25, 0.3) is 5.91 Å². The minimum atomic E-state index is -0.353. The van der Waals surface area contributed by atoms with Gasteiger partial charge in [0.1, 0.15) is 0 Å². The van der Waals surface area contributed by atoms with Gasteiger partial charge in [-0.1, -0.05) is 12.1 Å². The topological polar surface area (TPSA) is 84.2 Å². The van der Waals surface area contributed by atoms with Crippen molar-refractivity contribution >= 4 is 37.1 Å². The third kappa shape index (κ3) is 5.54. The van der Waals surface area contributed by atoms with Crippen molar-refractivity contribution in [2.24, 2.45) is 5.73 Å². The molecule has 0 fully saturated rings. The molecule has 2 amide bonds. The van der Waals surface area contributed by atoms with Crippen molar-refractivity contribution in [2.45, 2.75) is 5.37 Å². The summed E-state index contributed by atoms with van der Waals surface area (Å²) < 4.78 is 0. The first-order chi connectivity index (χ1) is 9.04. The van der Waals surface area contributed by atoms with Crippen molar-refractivity contribution in [3.8, 4) is 0 Å². The van der Waals surface area contributed by atoms with Gasteiger partial charge in [0.2, 0.25) is 5.91 Å². The summed E-state index contributed by atoms with van der Waals surface area (Å²) in [6.07, 6.45) is 0. The summed E-state index contributed by atoms with van der Waals surface area (Å²) in [4.78, 5) is 22.7. The molecule has 7 heteroatoms. The number of nitrogens with two attached hydrogens (primary N) is 1. The molecule has 0 aliphatic heterocycles. The number of hydrogen-bond donors (Lipinski definition) is 5. The van der Waals surface area contributed by atoms with E-state index in [1.807, 2.05) is 0 Å². The van der Waals surface area contributed by atoms with Crippen LogP contribution in [0.1, 0.15) is 21.3 Å². The molecule has 1 aromatic carbocycles. The number of nitrogens with one attached hydrogen (secondary N) is 2. The maximum atomic E-state index is 11.8. The summed E-state index contributed by atoms with van der Waals surface area (Å²) >= 11 is 7.93. The van der Waals surface area contributed by atoms with Crippen molar-refractivity contribution in [3.63, 3.8) is 0 Å². The van der Waals surface area contributed by atoms with Gasteiger partial charge in [0.05, 0.1) is 11.1 Å². The van der Waals surface area contributed by atoms with Gasteiger partial charge >= 0.3 is 0 Å². The SMILES string of the molecule is N[C@H](S)c1ccc(C(=O)NCCNC(=O)CS)cc1. The molecule has 5 nitrogen and oxygen atoms in total. The molecule has 4 N–H and O–H groups in total. The van der Waals surface area contributed by atoms with Crippen LogP contribution in [-0.4, -0.2) is 30.7 Å². The summed E-state index contributed by atoms with van der Waals surface area (Å²) in [5.41, 5.74) is 6.98. The lowest BCUT2D eigenvalue weighted by Crippen LogP contribution is -2.35. The van der Waals surface area contributed by atoms with E-state index >= 15 is 0 Å². The number of thiol groups is 2. The second-order valence-corrected chi connectivity index (χ2v) is 4.70. The van der Waals surface area contributed by atoms with Gasteiger partial charge in [-0.15, -0.1) is 0 Å². The Morgan fingerprint density at radius 2 is 1.74 bits per heavy atom. The lowest BCUT2D eigenvalue weighted by atomic mass is 10.1. The third-order valence-electron chi connectivity index (χ3n) is 2.39. The average molecular weight is 299 g/mol. The smallest absolute Gasteiger partial charge is 0.251 e. The molecular formula is C12H17N3O2S2. The van der Waals surface area contributed by atoms with E-state index in [2.05, 4.69) is 35.9 Å². The molecule has 0 spiro atoms. The zero-order chi connectivity index (χ0) is 14.3. The van der Waals surface area contributed by atoms with Gasteiger partial charge in [-0.25, -0.2) is 0 Å². The number of carbonyl (C=O) groups is 2. The predicted molar refractivity (Wildman–Crippen MR) is 81.6 cm³/mol. The summed E-state index contributed by atoms with van der Waals surface area (Å²) in [5.74, 6) is -0.219. The molecule has 1 aromatic rings. The Balaban J connectivity index is 2.39. The summed E-state index contributed by atoms with van der Waals surface area (Å²) in [5, 5.41) is 4.95. The highest BCUT2D eigenvalue weighted by Gasteiger charge is 2.06. The van der Waals surface area contributed by atoms with Gasteiger partial charge in [-0.2, -0.15) is 25.3 Å². The second kappa shape index (κ2) is 8.08. The fourth-order valence-electron chi connectivity index (χ4n) is 1.37. The van der Waals surface area contributed by atoms with Crippen molar-refractivity contribution in [1.82, 2.24) is 10.6 Å². The Hall–Kier alpha value is -1.18. The Morgan fingerprint density at radius 1 is 1.16 bits per heavy atom. The van der Waals surface area contributed by atoms with Crippen molar-refractivity contribution in [1.29, 1.82) is 0 Å². The first-order valence-corrected chi connectivity index (χ1v) is 6.89. The Morgan fingerprint density at radius 3 is 2.26 bits per heavy atom. The van der Waals surface area contributed by atoms with Crippen LogP contribution in [-0.2, 0) is 4.79 Å². The van der Waals surface area contributed by atoms with Crippen molar-refractivity contribution < 1.29 is 9.59 Å². The lowest BCUT2D eigenvalue weighted by molar-refractivity contribution is -0.118. The van der Waals surface area contributed by atoms with Crippen LogP contribution in [0.3, 0.4) is 0 Å². The molecular weight excluding hydrogens is 282 g/mol. The highest BCUT2D eigenvalue weighted by Crippen LogP contribution is 2.14. The molecule has 0 saturated heterocycles. The van der Waals surface area contributed by atoms with Crippen LogP contribution in [0, 0.1) is 0 Å². The van der Waals surface area contributed by atoms with Gasteiger partial charge in [0, 0.05) is 18.7 Å². The van der Waals surface area contributed by atoms with Gasteiger partial charge in [-0.3, -0.25) is 9.59 Å². The first kappa shape index (κ1) is 15.9. The van der Waals surface area contributed by atoms with E-state index < -0.39 is 0 Å². The number of amides is 2. The maximum Gasteiger partial charge on any atom is 0.251 e. The van der Waals surface area contributed by atoms with Crippen LogP contribution in [0.25, 0.3) is 0 Å². The molecule has 0 aliphatic carbocycles. The highest BCUT2D eigenvalue weighted by molar-refractivity contribution is 7.81. The fraction of sp³-hybridized carbons (Fsp3) is 0.333. The summed E-state index contributed by atoms with van der Waals surface area (Å²) in [6, 6.07) is 6.89. The van der Waals surface area contributed by atoms with Crippen molar-refractivity contribution in [3.05, 3.63) is 35.4 Å². The third-order valence-corrected chi connectivity index (χ3v) is 2.98. The first-order valence-electron chi connectivity index (χ1n) is 5.74. The van der Waals surface area contributed by atoms with Crippen LogP contribution in [0.15, 0.2) is 24.3 Å². The number of benzene rings is 1. The van der Waals surface area contributed by atoms with Crippen molar-refractivity contribution in [2.75, 3.05) is 18.8 Å². The molecule has 0 aromatic heterocycles. The summed E-state index contributed by atoms with van der Waals surface area (Å²) in [6.45, 7) is 0.747. The molecule has 1 rings (SSSR count). The number of rotatable bonds is 6. The normalized spacial score (nSPS) is 11.7. The minimum absolute atomic E-state index is 0.138. The summed E-state index contributed by atoms with van der Waals surface area (Å²) in [7, 11) is 0. The van der Waals surface area contributed by atoms with Crippen LogP contribution < -0.4 is 16.4 Å². The van der Waals surface area contributed by atoms with E-state index in [1.54, 1.807) is 24.3 Å². The molecule has 0 heterocycles. The highest BCUT2D eigenvalue weighted by atomic mass is 32.1. The van der Waals surface area contributed by atoms with E-state index in [9.17, 15) is 9.59 Å². The molecule has 0 radical (unpaired) electrons. The second-order valence-electron chi connectivity index (χ2n) is 3.83. The van der Waals surface area contributed by atoms with E-state index in [-0.39, 0.29) is 22.9 Å². The maximum absolute atomic E-state index is 11.8. The lowest BCUT2D eigenvalue weighted by Gasteiger charge is -2.08. The zero-order valence-corrected chi connectivity index (χ0v) is 12.1. The molecule has 1 atom stereocenters. The number of carbonyl (C=O) groups excluding carboxylic acids is 2. The van der Waals surface area contributed by atoms with E-state index in [0.717, 1.165) is 5.56 Å². The Bertz CT molecular complexity index is 435.